The summed E-state index contributed by atoms with van der Waals surface area (Å²) in [6, 6.07) is 3.73. The summed E-state index contributed by atoms with van der Waals surface area (Å²) in [6.45, 7) is 0. The first kappa shape index (κ1) is 11.1. The maximum atomic E-state index is 11.9. The number of pyridine rings is 1. The van der Waals surface area contributed by atoms with E-state index in [1.165, 1.54) is 12.8 Å². The summed E-state index contributed by atoms with van der Waals surface area (Å²) in [7, 11) is -0.999. The molecule has 1 atom stereocenters. The molecule has 5 heteroatoms. The SMILES string of the molecule is O=S(Nc1ncccc1Br)C1CCCC1. The topological polar surface area (TPSA) is 42.0 Å². The van der Waals surface area contributed by atoms with Crippen LogP contribution in [0.5, 0.6) is 0 Å². The number of rotatable bonds is 3. The largest absolute Gasteiger partial charge is 0.288 e. The zero-order chi connectivity index (χ0) is 10.7. The molecule has 0 spiro atoms. The minimum absolute atomic E-state index is 0.291. The van der Waals surface area contributed by atoms with Gasteiger partial charge in [-0.15, -0.1) is 0 Å². The van der Waals surface area contributed by atoms with Gasteiger partial charge in [0.15, 0.2) is 5.82 Å². The Morgan fingerprint density at radius 1 is 1.47 bits per heavy atom. The predicted octanol–water partition coefficient (Wildman–Crippen LogP) is 2.86. The summed E-state index contributed by atoms with van der Waals surface area (Å²) in [5.41, 5.74) is 0. The highest BCUT2D eigenvalue weighted by atomic mass is 79.9. The molecule has 1 aromatic heterocycles. The van der Waals surface area contributed by atoms with Gasteiger partial charge in [-0.2, -0.15) is 0 Å². The summed E-state index contributed by atoms with van der Waals surface area (Å²) < 4.78 is 15.7. The lowest BCUT2D eigenvalue weighted by atomic mass is 10.4. The molecule has 1 fully saturated rings. The van der Waals surface area contributed by atoms with Crippen molar-refractivity contribution < 1.29 is 4.21 Å². The lowest BCUT2D eigenvalue weighted by Crippen LogP contribution is -2.18. The average molecular weight is 289 g/mol. The van der Waals surface area contributed by atoms with Crippen molar-refractivity contribution in [3.05, 3.63) is 22.8 Å². The van der Waals surface area contributed by atoms with Gasteiger partial charge >= 0.3 is 0 Å². The second-order valence-electron chi connectivity index (χ2n) is 3.64. The Morgan fingerprint density at radius 3 is 2.87 bits per heavy atom. The van der Waals surface area contributed by atoms with E-state index in [1.807, 2.05) is 12.1 Å². The van der Waals surface area contributed by atoms with Gasteiger partial charge < -0.3 is 0 Å². The van der Waals surface area contributed by atoms with E-state index in [2.05, 4.69) is 25.6 Å². The Labute approximate surface area is 100 Å². The molecule has 0 aromatic carbocycles. The van der Waals surface area contributed by atoms with E-state index >= 15 is 0 Å². The molecule has 1 aliphatic carbocycles. The van der Waals surface area contributed by atoms with Crippen molar-refractivity contribution in [1.29, 1.82) is 0 Å². The smallest absolute Gasteiger partial charge is 0.151 e. The number of nitrogens with zero attached hydrogens (tertiary/aromatic N) is 1. The summed E-state index contributed by atoms with van der Waals surface area (Å²) >= 11 is 3.37. The van der Waals surface area contributed by atoms with E-state index in [9.17, 15) is 4.21 Å². The van der Waals surface area contributed by atoms with Gasteiger partial charge in [-0.25, -0.2) is 9.19 Å². The molecule has 82 valence electrons. The first-order valence-electron chi connectivity index (χ1n) is 5.05. The third kappa shape index (κ3) is 2.78. The molecule has 1 saturated carbocycles. The Kier molecular flexibility index (Phi) is 3.75. The highest BCUT2D eigenvalue weighted by molar-refractivity contribution is 9.10. The summed E-state index contributed by atoms with van der Waals surface area (Å²) in [4.78, 5) is 4.14. The first-order valence-corrected chi connectivity index (χ1v) is 7.06. The molecule has 0 amide bonds. The third-order valence-electron chi connectivity index (χ3n) is 2.56. The van der Waals surface area contributed by atoms with Crippen LogP contribution >= 0.6 is 15.9 Å². The van der Waals surface area contributed by atoms with Crippen LogP contribution in [0, 0.1) is 0 Å². The van der Waals surface area contributed by atoms with E-state index in [-0.39, 0.29) is 0 Å². The number of hydrogen-bond acceptors (Lipinski definition) is 2. The van der Waals surface area contributed by atoms with Crippen LogP contribution in [0.2, 0.25) is 0 Å². The Bertz CT molecular complexity index is 366. The van der Waals surface area contributed by atoms with Gasteiger partial charge in [0.2, 0.25) is 0 Å². The molecule has 1 unspecified atom stereocenters. The highest BCUT2D eigenvalue weighted by Gasteiger charge is 2.22. The maximum absolute atomic E-state index is 11.9. The molecule has 1 aliphatic rings. The van der Waals surface area contributed by atoms with E-state index in [1.54, 1.807) is 6.20 Å². The molecule has 15 heavy (non-hydrogen) atoms. The summed E-state index contributed by atoms with van der Waals surface area (Å²) in [5, 5.41) is 0.291. The quantitative estimate of drug-likeness (QED) is 0.929. The van der Waals surface area contributed by atoms with Gasteiger partial charge in [-0.05, 0) is 40.9 Å². The van der Waals surface area contributed by atoms with Crippen LogP contribution in [0.3, 0.4) is 0 Å². The number of hydrogen-bond donors (Lipinski definition) is 1. The summed E-state index contributed by atoms with van der Waals surface area (Å²) in [5.74, 6) is 0.669. The second kappa shape index (κ2) is 5.07. The van der Waals surface area contributed by atoms with E-state index in [0.717, 1.165) is 17.3 Å². The molecule has 2 rings (SSSR count). The number of anilines is 1. The van der Waals surface area contributed by atoms with E-state index in [4.69, 9.17) is 0 Å². The van der Waals surface area contributed by atoms with Gasteiger partial charge in [0, 0.05) is 6.20 Å². The van der Waals surface area contributed by atoms with Crippen molar-refractivity contribution in [2.45, 2.75) is 30.9 Å². The van der Waals surface area contributed by atoms with Crippen LogP contribution in [0.25, 0.3) is 0 Å². The zero-order valence-electron chi connectivity index (χ0n) is 8.28. The standard InChI is InChI=1S/C10H13BrN2OS/c11-9-6-3-7-12-10(9)13-15(14)8-4-1-2-5-8/h3,6-8H,1-2,4-5H2,(H,12,13). The molecule has 0 radical (unpaired) electrons. The number of aromatic nitrogens is 1. The summed E-state index contributed by atoms with van der Waals surface area (Å²) in [6.07, 6.45) is 6.20. The molecule has 1 N–H and O–H groups in total. The first-order chi connectivity index (χ1) is 7.27. The minimum Gasteiger partial charge on any atom is -0.288 e. The molecule has 0 saturated heterocycles. The van der Waals surface area contributed by atoms with Crippen LogP contribution in [-0.2, 0) is 11.0 Å². The lowest BCUT2D eigenvalue weighted by Gasteiger charge is -2.11. The Morgan fingerprint density at radius 2 is 2.20 bits per heavy atom. The van der Waals surface area contributed by atoms with Crippen molar-refractivity contribution in [3.8, 4) is 0 Å². The fourth-order valence-corrected chi connectivity index (χ4v) is 3.51. The van der Waals surface area contributed by atoms with Crippen LogP contribution < -0.4 is 4.72 Å². The van der Waals surface area contributed by atoms with Crippen molar-refractivity contribution >= 4 is 32.7 Å². The molecule has 1 aromatic rings. The van der Waals surface area contributed by atoms with Gasteiger partial charge in [-0.1, -0.05) is 12.8 Å². The van der Waals surface area contributed by atoms with Gasteiger partial charge in [0.1, 0.15) is 11.0 Å². The van der Waals surface area contributed by atoms with Gasteiger partial charge in [0.25, 0.3) is 0 Å². The van der Waals surface area contributed by atoms with Crippen LogP contribution in [0.4, 0.5) is 5.82 Å². The highest BCUT2D eigenvalue weighted by Crippen LogP contribution is 2.25. The molecule has 1 heterocycles. The molecular formula is C10H13BrN2OS. The van der Waals surface area contributed by atoms with Gasteiger partial charge in [-0.3, -0.25) is 4.72 Å². The fourth-order valence-electron chi connectivity index (χ4n) is 1.74. The van der Waals surface area contributed by atoms with Crippen molar-refractivity contribution in [2.75, 3.05) is 4.72 Å². The molecule has 3 nitrogen and oxygen atoms in total. The molecular weight excluding hydrogens is 276 g/mol. The predicted molar refractivity (Wildman–Crippen MR) is 66.0 cm³/mol. The van der Waals surface area contributed by atoms with Crippen molar-refractivity contribution in [3.63, 3.8) is 0 Å². The van der Waals surface area contributed by atoms with Crippen LogP contribution in [-0.4, -0.2) is 14.4 Å². The van der Waals surface area contributed by atoms with Crippen LogP contribution in [0.15, 0.2) is 22.8 Å². The lowest BCUT2D eigenvalue weighted by molar-refractivity contribution is 0.673. The second-order valence-corrected chi connectivity index (χ2v) is 5.96. The average Bonchev–Trinajstić information content (AvgIpc) is 2.74. The minimum atomic E-state index is -0.999. The van der Waals surface area contributed by atoms with Crippen LogP contribution in [0.1, 0.15) is 25.7 Å². The number of halogens is 1. The zero-order valence-corrected chi connectivity index (χ0v) is 10.7. The monoisotopic (exact) mass is 288 g/mol. The fraction of sp³-hybridized carbons (Fsp3) is 0.500. The van der Waals surface area contributed by atoms with E-state index in [0.29, 0.717) is 11.1 Å². The molecule has 0 aliphatic heterocycles. The van der Waals surface area contributed by atoms with Crippen molar-refractivity contribution in [2.24, 2.45) is 0 Å². The normalized spacial score (nSPS) is 19.0. The Hall–Kier alpha value is -0.420. The van der Waals surface area contributed by atoms with E-state index < -0.39 is 11.0 Å². The van der Waals surface area contributed by atoms with Crippen molar-refractivity contribution in [1.82, 2.24) is 4.98 Å². The number of nitrogens with one attached hydrogen (secondary N) is 1. The molecule has 0 bridgehead atoms. The Balaban J connectivity index is 2.02. The van der Waals surface area contributed by atoms with Gasteiger partial charge in [0.05, 0.1) is 9.72 Å². The maximum Gasteiger partial charge on any atom is 0.151 e. The third-order valence-corrected chi connectivity index (χ3v) is 4.67.